The quantitative estimate of drug-likeness (QED) is 0.506. The first kappa shape index (κ1) is 19.4. The van der Waals surface area contributed by atoms with Crippen LogP contribution in [-0.4, -0.2) is 32.8 Å². The molecule has 2 aromatic carbocycles. The molecule has 7 heteroatoms. The maximum absolute atomic E-state index is 13.2. The summed E-state index contributed by atoms with van der Waals surface area (Å²) in [6.45, 7) is 2.30. The number of fused-ring (bicyclic) bond motifs is 1. The number of piperidine rings is 1. The van der Waals surface area contributed by atoms with Crippen LogP contribution in [0, 0.1) is 11.7 Å². The molecule has 0 unspecified atom stereocenters. The SMILES string of the molecule is O=c1ccc(-c2ccc(F)cc2)nn1CC1CCN(c2cnc3ccccc3n2)CC1. The summed E-state index contributed by atoms with van der Waals surface area (Å²) in [5.74, 6) is 0.962. The van der Waals surface area contributed by atoms with Gasteiger partial charge in [-0.2, -0.15) is 5.10 Å². The second kappa shape index (κ2) is 8.26. The maximum Gasteiger partial charge on any atom is 0.266 e. The van der Waals surface area contributed by atoms with Crippen molar-refractivity contribution in [1.82, 2.24) is 19.7 Å². The number of rotatable bonds is 4. The van der Waals surface area contributed by atoms with Crippen molar-refractivity contribution in [3.63, 3.8) is 0 Å². The van der Waals surface area contributed by atoms with E-state index in [0.717, 1.165) is 48.3 Å². The molecule has 0 saturated carbocycles. The third-order valence-corrected chi connectivity index (χ3v) is 5.81. The first-order valence-corrected chi connectivity index (χ1v) is 10.5. The van der Waals surface area contributed by atoms with Crippen molar-refractivity contribution in [3.8, 4) is 11.3 Å². The average Bonchev–Trinajstić information content (AvgIpc) is 2.81. The van der Waals surface area contributed by atoms with Gasteiger partial charge in [-0.1, -0.05) is 12.1 Å². The molecule has 0 spiro atoms. The van der Waals surface area contributed by atoms with Gasteiger partial charge in [0.25, 0.3) is 5.56 Å². The molecule has 0 amide bonds. The summed E-state index contributed by atoms with van der Waals surface area (Å²) < 4.78 is 14.7. The predicted octanol–water partition coefficient (Wildman–Crippen LogP) is 3.91. The number of anilines is 1. The highest BCUT2D eigenvalue weighted by atomic mass is 19.1. The number of hydrogen-bond acceptors (Lipinski definition) is 5. The van der Waals surface area contributed by atoms with Crippen LogP contribution in [0.1, 0.15) is 12.8 Å². The standard InChI is InChI=1S/C24H22FN5O/c25-19-7-5-18(6-8-19)20-9-10-24(31)30(28-20)16-17-11-13-29(14-12-17)23-15-26-21-3-1-2-4-22(21)27-23/h1-10,15,17H,11-14,16H2. The molecular formula is C24H22FN5O. The minimum atomic E-state index is -0.292. The van der Waals surface area contributed by atoms with E-state index in [4.69, 9.17) is 4.98 Å². The summed E-state index contributed by atoms with van der Waals surface area (Å²) in [5, 5.41) is 4.52. The van der Waals surface area contributed by atoms with Crippen LogP contribution < -0.4 is 10.5 Å². The third-order valence-electron chi connectivity index (χ3n) is 5.81. The largest absolute Gasteiger partial charge is 0.355 e. The molecule has 1 saturated heterocycles. The zero-order valence-electron chi connectivity index (χ0n) is 17.0. The molecule has 1 fully saturated rings. The van der Waals surface area contributed by atoms with E-state index in [2.05, 4.69) is 15.0 Å². The van der Waals surface area contributed by atoms with Gasteiger partial charge in [0.05, 0.1) is 22.9 Å². The first-order chi connectivity index (χ1) is 15.2. The number of aromatic nitrogens is 4. The van der Waals surface area contributed by atoms with E-state index >= 15 is 0 Å². The van der Waals surface area contributed by atoms with E-state index in [9.17, 15) is 9.18 Å². The second-order valence-corrected chi connectivity index (χ2v) is 7.89. The lowest BCUT2D eigenvalue weighted by Crippen LogP contribution is -2.37. The fourth-order valence-corrected chi connectivity index (χ4v) is 4.04. The van der Waals surface area contributed by atoms with E-state index in [1.54, 1.807) is 18.2 Å². The molecule has 0 radical (unpaired) electrons. The molecule has 0 N–H and O–H groups in total. The maximum atomic E-state index is 13.2. The van der Waals surface area contributed by atoms with Crippen LogP contribution in [0.5, 0.6) is 0 Å². The van der Waals surface area contributed by atoms with Crippen molar-refractivity contribution >= 4 is 16.9 Å². The van der Waals surface area contributed by atoms with Crippen molar-refractivity contribution in [1.29, 1.82) is 0 Å². The van der Waals surface area contributed by atoms with Crippen LogP contribution in [0.4, 0.5) is 10.2 Å². The summed E-state index contributed by atoms with van der Waals surface area (Å²) in [4.78, 5) is 23.9. The molecule has 2 aromatic heterocycles. The van der Waals surface area contributed by atoms with Gasteiger partial charge in [-0.15, -0.1) is 0 Å². The molecule has 4 aromatic rings. The highest BCUT2D eigenvalue weighted by molar-refractivity contribution is 5.75. The minimum Gasteiger partial charge on any atom is -0.355 e. The lowest BCUT2D eigenvalue weighted by Gasteiger charge is -2.32. The highest BCUT2D eigenvalue weighted by Gasteiger charge is 2.22. The third kappa shape index (κ3) is 4.17. The van der Waals surface area contributed by atoms with Gasteiger partial charge in [0.15, 0.2) is 0 Å². The van der Waals surface area contributed by atoms with Crippen LogP contribution in [0.25, 0.3) is 22.3 Å². The normalized spacial score (nSPS) is 14.8. The van der Waals surface area contributed by atoms with Gasteiger partial charge in [-0.25, -0.2) is 14.1 Å². The Hall–Kier alpha value is -3.61. The summed E-state index contributed by atoms with van der Waals surface area (Å²) in [6, 6.07) is 17.2. The van der Waals surface area contributed by atoms with Gasteiger partial charge >= 0.3 is 0 Å². The van der Waals surface area contributed by atoms with Gasteiger partial charge in [0.2, 0.25) is 0 Å². The molecule has 3 heterocycles. The van der Waals surface area contributed by atoms with Crippen LogP contribution >= 0.6 is 0 Å². The Morgan fingerprint density at radius 3 is 2.45 bits per heavy atom. The molecular weight excluding hydrogens is 393 g/mol. The fourth-order valence-electron chi connectivity index (χ4n) is 4.04. The average molecular weight is 415 g/mol. The number of hydrogen-bond donors (Lipinski definition) is 0. The van der Waals surface area contributed by atoms with Crippen molar-refractivity contribution in [2.24, 2.45) is 5.92 Å². The van der Waals surface area contributed by atoms with Crippen LogP contribution in [0.15, 0.2) is 71.7 Å². The Bertz CT molecular complexity index is 1260. The Kier molecular flexibility index (Phi) is 5.16. The monoisotopic (exact) mass is 415 g/mol. The Labute approximate surface area is 179 Å². The zero-order valence-corrected chi connectivity index (χ0v) is 17.0. The summed E-state index contributed by atoms with van der Waals surface area (Å²) in [7, 11) is 0. The Morgan fingerprint density at radius 1 is 0.935 bits per heavy atom. The van der Waals surface area contributed by atoms with E-state index in [1.165, 1.54) is 22.9 Å². The molecule has 0 atom stereocenters. The van der Waals surface area contributed by atoms with Gasteiger partial charge < -0.3 is 4.90 Å². The topological polar surface area (TPSA) is 63.9 Å². The number of halogens is 1. The van der Waals surface area contributed by atoms with Gasteiger partial charge in [-0.05, 0) is 61.2 Å². The molecule has 1 aliphatic heterocycles. The molecule has 31 heavy (non-hydrogen) atoms. The van der Waals surface area contributed by atoms with Crippen LogP contribution in [-0.2, 0) is 6.54 Å². The second-order valence-electron chi connectivity index (χ2n) is 7.89. The zero-order chi connectivity index (χ0) is 21.2. The van der Waals surface area contributed by atoms with Crippen LogP contribution in [0.2, 0.25) is 0 Å². The lowest BCUT2D eigenvalue weighted by molar-refractivity contribution is 0.335. The highest BCUT2D eigenvalue weighted by Crippen LogP contribution is 2.24. The van der Waals surface area contributed by atoms with Gasteiger partial charge in [-0.3, -0.25) is 9.78 Å². The Balaban J connectivity index is 1.27. The molecule has 6 nitrogen and oxygen atoms in total. The van der Waals surface area contributed by atoms with Crippen molar-refractivity contribution in [3.05, 3.63) is 83.0 Å². The smallest absolute Gasteiger partial charge is 0.266 e. The fraction of sp³-hybridized carbons (Fsp3) is 0.250. The molecule has 1 aliphatic rings. The predicted molar refractivity (Wildman–Crippen MR) is 118 cm³/mol. The molecule has 0 bridgehead atoms. The lowest BCUT2D eigenvalue weighted by atomic mass is 9.97. The summed E-state index contributed by atoms with van der Waals surface area (Å²) >= 11 is 0. The van der Waals surface area contributed by atoms with Crippen LogP contribution in [0.3, 0.4) is 0 Å². The first-order valence-electron chi connectivity index (χ1n) is 10.5. The molecule has 5 rings (SSSR count). The molecule has 0 aliphatic carbocycles. The van der Waals surface area contributed by atoms with Crippen molar-refractivity contribution < 1.29 is 4.39 Å². The number of nitrogens with zero attached hydrogens (tertiary/aromatic N) is 5. The van der Waals surface area contributed by atoms with Crippen molar-refractivity contribution in [2.45, 2.75) is 19.4 Å². The van der Waals surface area contributed by atoms with Crippen molar-refractivity contribution in [2.75, 3.05) is 18.0 Å². The van der Waals surface area contributed by atoms with E-state index in [0.29, 0.717) is 18.2 Å². The number of benzene rings is 2. The molecule has 156 valence electrons. The Morgan fingerprint density at radius 2 is 1.68 bits per heavy atom. The van der Waals surface area contributed by atoms with E-state index in [1.807, 2.05) is 30.5 Å². The van der Waals surface area contributed by atoms with E-state index < -0.39 is 0 Å². The van der Waals surface area contributed by atoms with Gasteiger partial charge in [0, 0.05) is 31.3 Å². The van der Waals surface area contributed by atoms with E-state index in [-0.39, 0.29) is 11.4 Å². The summed E-state index contributed by atoms with van der Waals surface area (Å²) in [5.41, 5.74) is 3.14. The summed E-state index contributed by atoms with van der Waals surface area (Å²) in [6.07, 6.45) is 3.73. The minimum absolute atomic E-state index is 0.117. The number of para-hydroxylation sites is 2. The van der Waals surface area contributed by atoms with Gasteiger partial charge in [0.1, 0.15) is 11.6 Å².